The highest BCUT2D eigenvalue weighted by Gasteiger charge is 2.41. The highest BCUT2D eigenvalue weighted by molar-refractivity contribution is 7.11. The number of nitro groups is 2. The van der Waals surface area contributed by atoms with Gasteiger partial charge in [-0.15, -0.1) is 22.7 Å². The molecule has 0 N–H and O–H groups in total. The zero-order chi connectivity index (χ0) is 14.3. The Hall–Kier alpha value is -1.80. The molecule has 20 heavy (non-hydrogen) atoms. The molecule has 0 amide bonds. The summed E-state index contributed by atoms with van der Waals surface area (Å²) in [6, 6.07) is 3.02. The van der Waals surface area contributed by atoms with Crippen LogP contribution in [0.5, 0.6) is 0 Å². The lowest BCUT2D eigenvalue weighted by atomic mass is 9.71. The van der Waals surface area contributed by atoms with E-state index in [1.165, 1.54) is 34.8 Å². The molecule has 2 aromatic heterocycles. The monoisotopic (exact) mass is 310 g/mol. The molecule has 2 heterocycles. The number of hydrogen-bond acceptors (Lipinski definition) is 6. The van der Waals surface area contributed by atoms with Crippen LogP contribution in [-0.2, 0) is 0 Å². The first-order chi connectivity index (χ1) is 9.59. The quantitative estimate of drug-likeness (QED) is 0.622. The highest BCUT2D eigenvalue weighted by Crippen LogP contribution is 2.55. The van der Waals surface area contributed by atoms with Crippen molar-refractivity contribution in [3.8, 4) is 0 Å². The Morgan fingerprint density at radius 1 is 0.900 bits per heavy atom. The number of nitrogens with zero attached hydrogens (tertiary/aromatic N) is 2. The second kappa shape index (κ2) is 4.95. The average molecular weight is 310 g/mol. The van der Waals surface area contributed by atoms with E-state index in [1.54, 1.807) is 10.8 Å². The van der Waals surface area contributed by atoms with Crippen LogP contribution >= 0.6 is 22.7 Å². The van der Waals surface area contributed by atoms with Gasteiger partial charge in [0.15, 0.2) is 0 Å². The third kappa shape index (κ3) is 2.01. The topological polar surface area (TPSA) is 86.3 Å². The fourth-order valence-corrected chi connectivity index (χ4v) is 4.74. The van der Waals surface area contributed by atoms with Gasteiger partial charge in [0.05, 0.1) is 19.6 Å². The SMILES string of the molecule is O=[N+]([O-])c1ccsc1C1CCC1c1sccc1[N+](=O)[O-]. The first-order valence-corrected chi connectivity index (χ1v) is 7.79. The third-order valence-corrected chi connectivity index (χ3v) is 5.76. The largest absolute Gasteiger partial charge is 0.283 e. The van der Waals surface area contributed by atoms with Crippen molar-refractivity contribution in [3.05, 3.63) is 52.9 Å². The summed E-state index contributed by atoms with van der Waals surface area (Å²) in [6.45, 7) is 0. The molecule has 0 bridgehead atoms. The summed E-state index contributed by atoms with van der Waals surface area (Å²) in [5.74, 6) is 0.0699. The van der Waals surface area contributed by atoms with Crippen molar-refractivity contribution >= 4 is 34.0 Å². The molecule has 0 aromatic carbocycles. The van der Waals surface area contributed by atoms with Crippen molar-refractivity contribution < 1.29 is 9.85 Å². The van der Waals surface area contributed by atoms with Crippen molar-refractivity contribution in [2.24, 2.45) is 0 Å². The van der Waals surface area contributed by atoms with Gasteiger partial charge in [0, 0.05) is 24.0 Å². The van der Waals surface area contributed by atoms with E-state index in [2.05, 4.69) is 0 Å². The number of hydrogen-bond donors (Lipinski definition) is 0. The van der Waals surface area contributed by atoms with E-state index in [9.17, 15) is 20.2 Å². The molecule has 1 fully saturated rings. The molecule has 0 aliphatic heterocycles. The van der Waals surface area contributed by atoms with Gasteiger partial charge in [0.2, 0.25) is 0 Å². The Kier molecular flexibility index (Phi) is 3.27. The van der Waals surface area contributed by atoms with Crippen LogP contribution in [0.25, 0.3) is 0 Å². The van der Waals surface area contributed by atoms with Gasteiger partial charge in [-0.25, -0.2) is 0 Å². The fraction of sp³-hybridized carbons (Fsp3) is 0.333. The molecule has 8 heteroatoms. The van der Waals surface area contributed by atoms with Crippen LogP contribution in [0, 0.1) is 20.2 Å². The van der Waals surface area contributed by atoms with Gasteiger partial charge in [-0.2, -0.15) is 0 Å². The standard InChI is InChI=1S/C12H10N2O4S2/c15-13(16)9-3-5-19-11(9)7-1-2-8(7)12-10(14(17)18)4-6-20-12/h3-8H,1-2H2. The molecular formula is C12H10N2O4S2. The van der Waals surface area contributed by atoms with Crippen LogP contribution in [0.3, 0.4) is 0 Å². The van der Waals surface area contributed by atoms with Crippen LogP contribution in [0.15, 0.2) is 22.9 Å². The smallest absolute Gasteiger partial charge is 0.258 e. The molecule has 1 aliphatic rings. The van der Waals surface area contributed by atoms with Crippen LogP contribution in [-0.4, -0.2) is 9.85 Å². The molecule has 3 rings (SSSR count). The Bertz CT molecular complexity index is 620. The van der Waals surface area contributed by atoms with Gasteiger partial charge < -0.3 is 0 Å². The van der Waals surface area contributed by atoms with Gasteiger partial charge in [0.1, 0.15) is 0 Å². The van der Waals surface area contributed by atoms with Crippen LogP contribution in [0.4, 0.5) is 11.4 Å². The Morgan fingerprint density at radius 3 is 1.60 bits per heavy atom. The van der Waals surface area contributed by atoms with Crippen molar-refractivity contribution in [2.75, 3.05) is 0 Å². The average Bonchev–Trinajstić information content (AvgIpc) is 2.96. The first-order valence-electron chi connectivity index (χ1n) is 6.03. The molecule has 0 saturated heterocycles. The summed E-state index contributed by atoms with van der Waals surface area (Å²) in [6.07, 6.45) is 1.70. The van der Waals surface area contributed by atoms with E-state index >= 15 is 0 Å². The maximum atomic E-state index is 11.0. The molecule has 0 radical (unpaired) electrons. The lowest BCUT2D eigenvalue weighted by Crippen LogP contribution is -2.21. The van der Waals surface area contributed by atoms with Crippen molar-refractivity contribution in [3.63, 3.8) is 0 Å². The van der Waals surface area contributed by atoms with E-state index in [1.807, 2.05) is 0 Å². The molecule has 0 spiro atoms. The lowest BCUT2D eigenvalue weighted by Gasteiger charge is -2.34. The zero-order valence-corrected chi connectivity index (χ0v) is 11.9. The zero-order valence-electron chi connectivity index (χ0n) is 10.2. The summed E-state index contributed by atoms with van der Waals surface area (Å²) in [5, 5.41) is 25.4. The van der Waals surface area contributed by atoms with Crippen molar-refractivity contribution in [1.29, 1.82) is 0 Å². The summed E-state index contributed by atoms with van der Waals surface area (Å²) < 4.78 is 0. The van der Waals surface area contributed by atoms with E-state index in [4.69, 9.17) is 0 Å². The Balaban J connectivity index is 1.93. The Morgan fingerprint density at radius 2 is 1.30 bits per heavy atom. The highest BCUT2D eigenvalue weighted by atomic mass is 32.1. The van der Waals surface area contributed by atoms with E-state index < -0.39 is 0 Å². The van der Waals surface area contributed by atoms with E-state index in [0.717, 1.165) is 22.6 Å². The maximum absolute atomic E-state index is 11.0. The van der Waals surface area contributed by atoms with Crippen LogP contribution in [0.1, 0.15) is 34.4 Å². The van der Waals surface area contributed by atoms with Crippen LogP contribution < -0.4 is 0 Å². The maximum Gasteiger partial charge on any atom is 0.283 e. The van der Waals surface area contributed by atoms with Crippen molar-refractivity contribution in [1.82, 2.24) is 0 Å². The molecule has 6 nitrogen and oxygen atoms in total. The van der Waals surface area contributed by atoms with E-state index in [-0.39, 0.29) is 33.1 Å². The lowest BCUT2D eigenvalue weighted by molar-refractivity contribution is -0.386. The molecular weight excluding hydrogens is 300 g/mol. The summed E-state index contributed by atoms with van der Waals surface area (Å²) in [5.41, 5.74) is 0.285. The van der Waals surface area contributed by atoms with E-state index in [0.29, 0.717) is 0 Å². The number of rotatable bonds is 4. The summed E-state index contributed by atoms with van der Waals surface area (Å²) in [4.78, 5) is 22.8. The molecule has 1 aliphatic carbocycles. The normalized spacial score (nSPS) is 21.4. The van der Waals surface area contributed by atoms with Crippen LogP contribution in [0.2, 0.25) is 0 Å². The minimum atomic E-state index is -0.371. The van der Waals surface area contributed by atoms with Gasteiger partial charge in [-0.3, -0.25) is 20.2 Å². The minimum absolute atomic E-state index is 0.0350. The van der Waals surface area contributed by atoms with Crippen molar-refractivity contribution in [2.45, 2.75) is 24.7 Å². The predicted octanol–water partition coefficient (Wildman–Crippen LogP) is 4.29. The molecule has 2 atom stereocenters. The summed E-state index contributed by atoms with van der Waals surface area (Å²) >= 11 is 2.74. The molecule has 2 aromatic rings. The molecule has 2 unspecified atom stereocenters. The number of thiophene rings is 2. The second-order valence-electron chi connectivity index (χ2n) is 4.64. The minimum Gasteiger partial charge on any atom is -0.258 e. The molecule has 1 saturated carbocycles. The fourth-order valence-electron chi connectivity index (χ4n) is 2.61. The molecule has 104 valence electrons. The van der Waals surface area contributed by atoms with Gasteiger partial charge in [-0.1, -0.05) is 0 Å². The third-order valence-electron chi connectivity index (χ3n) is 3.69. The summed E-state index contributed by atoms with van der Waals surface area (Å²) in [7, 11) is 0. The second-order valence-corrected chi connectivity index (χ2v) is 6.54. The van der Waals surface area contributed by atoms with Gasteiger partial charge in [0.25, 0.3) is 11.4 Å². The first kappa shape index (κ1) is 13.2. The Labute approximate surface area is 122 Å². The predicted molar refractivity (Wildman–Crippen MR) is 76.7 cm³/mol. The van der Waals surface area contributed by atoms with Gasteiger partial charge >= 0.3 is 0 Å². The van der Waals surface area contributed by atoms with Gasteiger partial charge in [-0.05, 0) is 23.6 Å².